The molecule has 17 heavy (non-hydrogen) atoms. The van der Waals surface area contributed by atoms with Crippen molar-refractivity contribution in [3.8, 4) is 5.75 Å². The lowest BCUT2D eigenvalue weighted by atomic mass is 10.3. The molecule has 0 amide bonds. The highest BCUT2D eigenvalue weighted by atomic mass is 79.9. The fourth-order valence-corrected chi connectivity index (χ4v) is 1.67. The van der Waals surface area contributed by atoms with Gasteiger partial charge in [0.1, 0.15) is 16.8 Å². The highest BCUT2D eigenvalue weighted by Gasteiger charge is 2.16. The van der Waals surface area contributed by atoms with Gasteiger partial charge in [-0.2, -0.15) is 0 Å². The largest absolute Gasteiger partial charge is 0.487 e. The van der Waals surface area contributed by atoms with E-state index in [0.29, 0.717) is 10.2 Å². The van der Waals surface area contributed by atoms with Crippen LogP contribution in [0.1, 0.15) is 0 Å². The van der Waals surface area contributed by atoms with Crippen molar-refractivity contribution in [1.82, 2.24) is 0 Å². The molecule has 0 aliphatic heterocycles. The van der Waals surface area contributed by atoms with Gasteiger partial charge in [-0.25, -0.2) is 0 Å². The second-order valence-electron chi connectivity index (χ2n) is 3.06. The van der Waals surface area contributed by atoms with Crippen molar-refractivity contribution in [3.05, 3.63) is 32.8 Å². The zero-order chi connectivity index (χ0) is 12.8. The summed E-state index contributed by atoms with van der Waals surface area (Å²) in [6.45, 7) is 0.146. The molecule has 7 heteroatoms. The van der Waals surface area contributed by atoms with Crippen LogP contribution in [0.2, 0.25) is 0 Å². The zero-order valence-electron chi connectivity index (χ0n) is 9.38. The van der Waals surface area contributed by atoms with Crippen molar-refractivity contribution in [2.24, 2.45) is 0 Å². The molecule has 0 N–H and O–H groups in total. The number of nitro benzene ring substituents is 1. The van der Waals surface area contributed by atoms with Gasteiger partial charge in [0.15, 0.2) is 6.29 Å². The second-order valence-corrected chi connectivity index (χ2v) is 3.85. The minimum absolute atomic E-state index is 0.0473. The first-order valence-corrected chi connectivity index (χ1v) is 5.50. The summed E-state index contributed by atoms with van der Waals surface area (Å²) < 4.78 is 15.6. The molecule has 0 fully saturated rings. The van der Waals surface area contributed by atoms with E-state index in [1.807, 2.05) is 0 Å². The van der Waals surface area contributed by atoms with E-state index in [2.05, 4.69) is 15.9 Å². The average molecular weight is 306 g/mol. The van der Waals surface area contributed by atoms with Crippen molar-refractivity contribution in [2.75, 3.05) is 20.8 Å². The molecule has 1 aromatic carbocycles. The van der Waals surface area contributed by atoms with Gasteiger partial charge in [0.25, 0.3) is 5.69 Å². The Hall–Kier alpha value is -1.18. The Morgan fingerprint density at radius 3 is 2.59 bits per heavy atom. The lowest BCUT2D eigenvalue weighted by Gasteiger charge is -2.14. The lowest BCUT2D eigenvalue weighted by molar-refractivity contribution is -0.385. The van der Waals surface area contributed by atoms with Crippen LogP contribution < -0.4 is 4.74 Å². The quantitative estimate of drug-likeness (QED) is 0.458. The summed E-state index contributed by atoms with van der Waals surface area (Å²) in [6, 6.07) is 4.56. The fraction of sp³-hybridized carbons (Fsp3) is 0.400. The molecule has 1 rings (SSSR count). The van der Waals surface area contributed by atoms with E-state index in [9.17, 15) is 10.1 Å². The molecule has 0 unspecified atom stereocenters. The SMILES string of the molecule is COC(COc1cccc([N+](=O)[O-])c1Br)OC. The monoisotopic (exact) mass is 305 g/mol. The van der Waals surface area contributed by atoms with Crippen LogP contribution in [0.5, 0.6) is 5.75 Å². The summed E-state index contributed by atoms with van der Waals surface area (Å²) in [5.41, 5.74) is -0.0473. The minimum Gasteiger partial charge on any atom is -0.487 e. The molecule has 0 heterocycles. The van der Waals surface area contributed by atoms with E-state index >= 15 is 0 Å². The number of halogens is 1. The molecule has 6 nitrogen and oxygen atoms in total. The van der Waals surface area contributed by atoms with E-state index in [4.69, 9.17) is 14.2 Å². The molecule has 0 bridgehead atoms. The van der Waals surface area contributed by atoms with E-state index in [1.54, 1.807) is 12.1 Å². The molecule has 0 aromatic heterocycles. The molecule has 0 atom stereocenters. The summed E-state index contributed by atoms with van der Waals surface area (Å²) in [7, 11) is 2.97. The number of rotatable bonds is 6. The molecule has 0 saturated heterocycles. The summed E-state index contributed by atoms with van der Waals surface area (Å²) in [4.78, 5) is 10.2. The molecule has 0 spiro atoms. The van der Waals surface area contributed by atoms with Gasteiger partial charge in [0, 0.05) is 20.3 Å². The number of benzene rings is 1. The number of nitro groups is 1. The Balaban J connectivity index is 2.78. The first-order chi connectivity index (χ1) is 8.10. The van der Waals surface area contributed by atoms with Crippen LogP contribution in [0.25, 0.3) is 0 Å². The number of nitrogens with zero attached hydrogens (tertiary/aromatic N) is 1. The third-order valence-corrected chi connectivity index (χ3v) is 2.84. The Kier molecular flexibility index (Phi) is 5.33. The van der Waals surface area contributed by atoms with Gasteiger partial charge in [-0.15, -0.1) is 0 Å². The summed E-state index contributed by atoms with van der Waals surface area (Å²) in [5.74, 6) is 0.373. The van der Waals surface area contributed by atoms with Gasteiger partial charge in [0.05, 0.1) is 4.92 Å². The van der Waals surface area contributed by atoms with Gasteiger partial charge in [0.2, 0.25) is 0 Å². The third-order valence-electron chi connectivity index (χ3n) is 2.04. The van der Waals surface area contributed by atoms with Crippen molar-refractivity contribution < 1.29 is 19.1 Å². The van der Waals surface area contributed by atoms with Crippen LogP contribution in [-0.2, 0) is 9.47 Å². The second kappa shape index (κ2) is 6.53. The maximum atomic E-state index is 10.7. The van der Waals surface area contributed by atoms with Crippen molar-refractivity contribution >= 4 is 21.6 Å². The number of methoxy groups -OCH3 is 2. The van der Waals surface area contributed by atoms with Gasteiger partial charge in [-0.3, -0.25) is 10.1 Å². The highest BCUT2D eigenvalue weighted by molar-refractivity contribution is 9.10. The van der Waals surface area contributed by atoms with Crippen LogP contribution in [0.15, 0.2) is 22.7 Å². The van der Waals surface area contributed by atoms with Gasteiger partial charge in [-0.05, 0) is 22.0 Å². The average Bonchev–Trinajstić information content (AvgIpc) is 2.32. The van der Waals surface area contributed by atoms with Crippen LogP contribution >= 0.6 is 15.9 Å². The summed E-state index contributed by atoms with van der Waals surface area (Å²) >= 11 is 3.13. The third kappa shape index (κ3) is 3.65. The Morgan fingerprint density at radius 1 is 1.41 bits per heavy atom. The number of hydrogen-bond donors (Lipinski definition) is 0. The molecule has 0 aliphatic carbocycles. The van der Waals surface area contributed by atoms with Gasteiger partial charge >= 0.3 is 0 Å². The van der Waals surface area contributed by atoms with Crippen LogP contribution in [0.4, 0.5) is 5.69 Å². The molecular formula is C10H12BrNO5. The normalized spacial score (nSPS) is 10.6. The minimum atomic E-state index is -0.513. The van der Waals surface area contributed by atoms with E-state index in [-0.39, 0.29) is 12.3 Å². The van der Waals surface area contributed by atoms with Crippen LogP contribution in [-0.4, -0.2) is 32.0 Å². The van der Waals surface area contributed by atoms with E-state index < -0.39 is 11.2 Å². The van der Waals surface area contributed by atoms with Crippen LogP contribution in [0, 0.1) is 10.1 Å². The number of hydrogen-bond acceptors (Lipinski definition) is 5. The Bertz CT molecular complexity index is 394. The molecule has 1 aromatic rings. The van der Waals surface area contributed by atoms with Crippen molar-refractivity contribution in [2.45, 2.75) is 6.29 Å². The first-order valence-electron chi connectivity index (χ1n) is 4.71. The molecule has 0 saturated carbocycles. The lowest BCUT2D eigenvalue weighted by Crippen LogP contribution is -2.22. The Labute approximate surface area is 107 Å². The Morgan fingerprint density at radius 2 is 2.06 bits per heavy atom. The smallest absolute Gasteiger partial charge is 0.287 e. The summed E-state index contributed by atoms with van der Waals surface area (Å²) in [5, 5.41) is 10.7. The predicted molar refractivity (Wildman–Crippen MR) is 64.1 cm³/mol. The van der Waals surface area contributed by atoms with Crippen molar-refractivity contribution in [3.63, 3.8) is 0 Å². The molecule has 0 aliphatic rings. The topological polar surface area (TPSA) is 70.8 Å². The highest BCUT2D eigenvalue weighted by Crippen LogP contribution is 2.33. The molecular weight excluding hydrogens is 294 g/mol. The maximum absolute atomic E-state index is 10.7. The first kappa shape index (κ1) is 13.9. The number of ether oxygens (including phenoxy) is 3. The summed E-state index contributed by atoms with van der Waals surface area (Å²) in [6.07, 6.45) is -0.513. The fourth-order valence-electron chi connectivity index (χ4n) is 1.14. The standard InChI is InChI=1S/C10H12BrNO5/c1-15-9(16-2)6-17-8-5-3-4-7(10(8)11)12(13)14/h3-5,9H,6H2,1-2H3. The van der Waals surface area contributed by atoms with E-state index in [0.717, 1.165) is 0 Å². The van der Waals surface area contributed by atoms with Crippen LogP contribution in [0.3, 0.4) is 0 Å². The van der Waals surface area contributed by atoms with E-state index in [1.165, 1.54) is 20.3 Å². The van der Waals surface area contributed by atoms with Gasteiger partial charge < -0.3 is 14.2 Å². The molecule has 94 valence electrons. The van der Waals surface area contributed by atoms with Gasteiger partial charge in [-0.1, -0.05) is 6.07 Å². The predicted octanol–water partition coefficient (Wildman–Crippen LogP) is 2.36. The molecule has 0 radical (unpaired) electrons. The van der Waals surface area contributed by atoms with Crippen molar-refractivity contribution in [1.29, 1.82) is 0 Å². The maximum Gasteiger partial charge on any atom is 0.287 e. The zero-order valence-corrected chi connectivity index (χ0v) is 11.0.